The van der Waals surface area contributed by atoms with Gasteiger partial charge in [0.05, 0.1) is 5.75 Å². The van der Waals surface area contributed by atoms with Crippen molar-refractivity contribution in [2.75, 3.05) is 12.8 Å². The zero-order chi connectivity index (χ0) is 8.97. The van der Waals surface area contributed by atoms with E-state index in [1.807, 2.05) is 0 Å². The molecule has 6 heteroatoms. The number of aryl methyl sites for hydroxylation is 1. The topological polar surface area (TPSA) is 68.0 Å². The summed E-state index contributed by atoms with van der Waals surface area (Å²) in [4.78, 5) is 10.8. The van der Waals surface area contributed by atoms with Crippen molar-refractivity contribution in [3.8, 4) is 0 Å². The summed E-state index contributed by atoms with van der Waals surface area (Å²) in [5, 5.41) is 10.3. The van der Waals surface area contributed by atoms with Gasteiger partial charge in [-0.15, -0.1) is 10.2 Å². The van der Waals surface area contributed by atoms with E-state index in [2.05, 4.69) is 15.5 Å². The molecule has 5 nitrogen and oxygen atoms in total. The average molecular weight is 187 g/mol. The van der Waals surface area contributed by atoms with Crippen LogP contribution >= 0.6 is 11.8 Å². The molecule has 0 bridgehead atoms. The van der Waals surface area contributed by atoms with Crippen LogP contribution in [0.15, 0.2) is 9.64 Å². The fourth-order valence-electron chi connectivity index (χ4n) is 0.536. The van der Waals surface area contributed by atoms with E-state index >= 15 is 0 Å². The number of aromatic nitrogens is 2. The van der Waals surface area contributed by atoms with Crippen LogP contribution in [0.4, 0.5) is 0 Å². The first kappa shape index (κ1) is 9.05. The van der Waals surface area contributed by atoms with Gasteiger partial charge >= 0.3 is 0 Å². The summed E-state index contributed by atoms with van der Waals surface area (Å²) < 4.78 is 5.04. The van der Waals surface area contributed by atoms with E-state index in [0.29, 0.717) is 16.9 Å². The van der Waals surface area contributed by atoms with Crippen LogP contribution in [0.25, 0.3) is 0 Å². The lowest BCUT2D eigenvalue weighted by atomic mass is 10.7. The lowest BCUT2D eigenvalue weighted by molar-refractivity contribution is -0.118. The zero-order valence-electron chi connectivity index (χ0n) is 6.83. The molecule has 0 radical (unpaired) electrons. The van der Waals surface area contributed by atoms with Gasteiger partial charge in [-0.05, 0) is 0 Å². The highest BCUT2D eigenvalue weighted by Crippen LogP contribution is 2.14. The highest BCUT2D eigenvalue weighted by molar-refractivity contribution is 7.99. The maximum Gasteiger partial charge on any atom is 0.277 e. The number of nitrogens with zero attached hydrogens (tertiary/aromatic N) is 2. The van der Waals surface area contributed by atoms with Crippen LogP contribution in [0.1, 0.15) is 5.89 Å². The van der Waals surface area contributed by atoms with Gasteiger partial charge in [-0.2, -0.15) is 0 Å². The number of hydrogen-bond donors (Lipinski definition) is 1. The molecule has 0 aliphatic rings. The molecule has 0 fully saturated rings. The number of nitrogens with one attached hydrogen (secondary N) is 1. The van der Waals surface area contributed by atoms with Crippen LogP contribution in [0.2, 0.25) is 0 Å². The van der Waals surface area contributed by atoms with Crippen LogP contribution < -0.4 is 5.32 Å². The summed E-state index contributed by atoms with van der Waals surface area (Å²) in [5.74, 6) is 0.753. The van der Waals surface area contributed by atoms with Crippen molar-refractivity contribution in [1.82, 2.24) is 15.5 Å². The quantitative estimate of drug-likeness (QED) is 0.685. The van der Waals surface area contributed by atoms with Crippen molar-refractivity contribution < 1.29 is 9.21 Å². The minimum absolute atomic E-state index is 0.0594. The summed E-state index contributed by atoms with van der Waals surface area (Å²) in [6.07, 6.45) is 0. The number of rotatable bonds is 3. The predicted molar refractivity (Wildman–Crippen MR) is 43.8 cm³/mol. The van der Waals surface area contributed by atoms with Gasteiger partial charge in [-0.1, -0.05) is 11.8 Å². The first-order valence-electron chi connectivity index (χ1n) is 3.36. The molecule has 1 rings (SSSR count). The van der Waals surface area contributed by atoms with Gasteiger partial charge in [0.1, 0.15) is 0 Å². The Morgan fingerprint density at radius 3 is 2.92 bits per heavy atom. The first-order valence-corrected chi connectivity index (χ1v) is 4.34. The Labute approximate surface area is 73.9 Å². The molecular weight excluding hydrogens is 178 g/mol. The molecule has 66 valence electrons. The van der Waals surface area contributed by atoms with Crippen molar-refractivity contribution in [1.29, 1.82) is 0 Å². The molecule has 0 spiro atoms. The van der Waals surface area contributed by atoms with Gasteiger partial charge in [0.25, 0.3) is 5.22 Å². The summed E-state index contributed by atoms with van der Waals surface area (Å²) >= 11 is 1.22. The lowest BCUT2D eigenvalue weighted by Gasteiger charge is -1.93. The van der Waals surface area contributed by atoms with Gasteiger partial charge in [0.15, 0.2) is 0 Å². The third-order valence-corrected chi connectivity index (χ3v) is 1.93. The minimum Gasteiger partial charge on any atom is -0.416 e. The minimum atomic E-state index is -0.0594. The Balaban J connectivity index is 2.38. The number of carbonyl (C=O) groups is 1. The van der Waals surface area contributed by atoms with Crippen LogP contribution in [-0.4, -0.2) is 28.9 Å². The van der Waals surface area contributed by atoms with Crippen LogP contribution in [0, 0.1) is 6.92 Å². The number of amides is 1. The van der Waals surface area contributed by atoms with Crippen molar-refractivity contribution in [2.24, 2.45) is 0 Å². The van der Waals surface area contributed by atoms with E-state index < -0.39 is 0 Å². The molecule has 1 heterocycles. The molecule has 1 aromatic heterocycles. The fraction of sp³-hybridized carbons (Fsp3) is 0.500. The molecule has 0 aromatic carbocycles. The SMILES string of the molecule is CNC(=O)CSc1nnc(C)o1. The Morgan fingerprint density at radius 2 is 2.42 bits per heavy atom. The highest BCUT2D eigenvalue weighted by atomic mass is 32.2. The first-order chi connectivity index (χ1) is 5.72. The molecule has 0 aliphatic heterocycles. The second-order valence-electron chi connectivity index (χ2n) is 2.05. The normalized spacial score (nSPS) is 9.83. The van der Waals surface area contributed by atoms with E-state index in [-0.39, 0.29) is 5.91 Å². The van der Waals surface area contributed by atoms with Crippen molar-refractivity contribution in [2.45, 2.75) is 12.1 Å². The van der Waals surface area contributed by atoms with Crippen molar-refractivity contribution in [3.05, 3.63) is 5.89 Å². The second kappa shape index (κ2) is 4.10. The molecule has 0 saturated heterocycles. The smallest absolute Gasteiger partial charge is 0.277 e. The van der Waals surface area contributed by atoms with Crippen molar-refractivity contribution in [3.63, 3.8) is 0 Å². The molecule has 1 N–H and O–H groups in total. The van der Waals surface area contributed by atoms with Crippen LogP contribution in [0.3, 0.4) is 0 Å². The summed E-state index contributed by atoms with van der Waals surface area (Å²) in [6.45, 7) is 1.71. The molecule has 12 heavy (non-hydrogen) atoms. The van der Waals surface area contributed by atoms with Gasteiger partial charge in [-0.3, -0.25) is 4.79 Å². The van der Waals surface area contributed by atoms with Crippen LogP contribution in [0.5, 0.6) is 0 Å². The predicted octanol–water partition coefficient (Wildman–Crippen LogP) is 0.216. The van der Waals surface area contributed by atoms with Crippen LogP contribution in [-0.2, 0) is 4.79 Å². The molecule has 1 amide bonds. The lowest BCUT2D eigenvalue weighted by Crippen LogP contribution is -2.19. The molecule has 0 unspecified atom stereocenters. The van der Waals surface area contributed by atoms with E-state index in [9.17, 15) is 4.79 Å². The Bertz CT molecular complexity index is 274. The fourth-order valence-corrected chi connectivity index (χ4v) is 1.21. The summed E-state index contributed by atoms with van der Waals surface area (Å²) in [7, 11) is 1.59. The molecule has 1 aromatic rings. The monoisotopic (exact) mass is 187 g/mol. The van der Waals surface area contributed by atoms with E-state index in [4.69, 9.17) is 4.42 Å². The van der Waals surface area contributed by atoms with Gasteiger partial charge in [-0.25, -0.2) is 0 Å². The van der Waals surface area contributed by atoms with Gasteiger partial charge in [0, 0.05) is 14.0 Å². The third-order valence-electron chi connectivity index (χ3n) is 1.11. The molecular formula is C6H9N3O2S. The largest absolute Gasteiger partial charge is 0.416 e. The van der Waals surface area contributed by atoms with E-state index in [0.717, 1.165) is 0 Å². The number of thioether (sulfide) groups is 1. The third kappa shape index (κ3) is 2.54. The number of hydrogen-bond acceptors (Lipinski definition) is 5. The van der Waals surface area contributed by atoms with Gasteiger partial charge < -0.3 is 9.73 Å². The number of carbonyl (C=O) groups excluding carboxylic acids is 1. The standard InChI is InChI=1S/C6H9N3O2S/c1-4-8-9-6(11-4)12-3-5(10)7-2/h3H2,1-2H3,(H,7,10). The molecule has 0 aliphatic carbocycles. The summed E-state index contributed by atoms with van der Waals surface area (Å²) in [5.41, 5.74) is 0. The Morgan fingerprint density at radius 1 is 1.67 bits per heavy atom. The van der Waals surface area contributed by atoms with E-state index in [1.165, 1.54) is 11.8 Å². The molecule has 0 atom stereocenters. The maximum absolute atomic E-state index is 10.8. The Hall–Kier alpha value is -1.04. The van der Waals surface area contributed by atoms with Gasteiger partial charge in [0.2, 0.25) is 11.8 Å². The molecule has 0 saturated carbocycles. The highest BCUT2D eigenvalue weighted by Gasteiger charge is 2.05. The second-order valence-corrected chi connectivity index (χ2v) is 2.98. The zero-order valence-corrected chi connectivity index (χ0v) is 7.64. The average Bonchev–Trinajstić information content (AvgIpc) is 2.47. The van der Waals surface area contributed by atoms with Crippen molar-refractivity contribution >= 4 is 17.7 Å². The summed E-state index contributed by atoms with van der Waals surface area (Å²) in [6, 6.07) is 0. The maximum atomic E-state index is 10.8. The Kier molecular flexibility index (Phi) is 3.09. The van der Waals surface area contributed by atoms with E-state index in [1.54, 1.807) is 14.0 Å².